The normalized spacial score (nSPS) is 19.4. The molecule has 1 fully saturated rings. The van der Waals surface area contributed by atoms with E-state index in [1.54, 1.807) is 0 Å². The first-order valence-electron chi connectivity index (χ1n) is 6.16. The van der Waals surface area contributed by atoms with Crippen molar-refractivity contribution in [3.63, 3.8) is 0 Å². The molecule has 1 saturated heterocycles. The fourth-order valence-electron chi connectivity index (χ4n) is 2.37. The second kappa shape index (κ2) is 4.42. The molecule has 0 saturated carbocycles. The highest BCUT2D eigenvalue weighted by Crippen LogP contribution is 2.12. The lowest BCUT2D eigenvalue weighted by Crippen LogP contribution is -2.31. The smallest absolute Gasteiger partial charge is 0.221 e. The van der Waals surface area contributed by atoms with Gasteiger partial charge in [0.1, 0.15) is 5.65 Å². The first kappa shape index (κ1) is 11.2. The Morgan fingerprint density at radius 2 is 2.44 bits per heavy atom. The molecule has 3 rings (SSSR count). The number of nitrogens with zero attached hydrogens (tertiary/aromatic N) is 2. The molecule has 1 amide bonds. The minimum Gasteiger partial charge on any atom is -0.354 e. The van der Waals surface area contributed by atoms with E-state index in [0.717, 1.165) is 23.6 Å². The maximum Gasteiger partial charge on any atom is 0.221 e. The van der Waals surface area contributed by atoms with Crippen LogP contribution in [0.1, 0.15) is 17.8 Å². The van der Waals surface area contributed by atoms with E-state index in [-0.39, 0.29) is 11.9 Å². The molecule has 0 bridgehead atoms. The summed E-state index contributed by atoms with van der Waals surface area (Å²) in [6.45, 7) is 3.47. The largest absolute Gasteiger partial charge is 0.354 e. The highest BCUT2D eigenvalue weighted by Gasteiger charge is 2.21. The van der Waals surface area contributed by atoms with Gasteiger partial charge in [0.15, 0.2) is 0 Å². The molecule has 1 aliphatic rings. The van der Waals surface area contributed by atoms with Crippen LogP contribution in [0.2, 0.25) is 0 Å². The van der Waals surface area contributed by atoms with E-state index in [4.69, 9.17) is 0 Å². The van der Waals surface area contributed by atoms with Gasteiger partial charge in [0, 0.05) is 31.7 Å². The summed E-state index contributed by atoms with van der Waals surface area (Å²) in [5.74, 6) is 0.127. The van der Waals surface area contributed by atoms with Crippen LogP contribution in [-0.4, -0.2) is 27.9 Å². The maximum atomic E-state index is 11.1. The molecule has 94 valence electrons. The van der Waals surface area contributed by atoms with Gasteiger partial charge < -0.3 is 15.0 Å². The fourth-order valence-corrected chi connectivity index (χ4v) is 2.37. The second-order valence-corrected chi connectivity index (χ2v) is 4.66. The van der Waals surface area contributed by atoms with Crippen molar-refractivity contribution in [1.82, 2.24) is 20.0 Å². The molecule has 18 heavy (non-hydrogen) atoms. The third-order valence-electron chi connectivity index (χ3n) is 3.36. The van der Waals surface area contributed by atoms with Crippen LogP contribution in [0, 0.1) is 6.92 Å². The molecule has 1 atom stereocenters. The molecular weight excluding hydrogens is 228 g/mol. The fraction of sp³-hybridized carbons (Fsp3) is 0.385. The Bertz CT molecular complexity index is 590. The van der Waals surface area contributed by atoms with E-state index in [1.807, 2.05) is 31.3 Å². The monoisotopic (exact) mass is 244 g/mol. The SMILES string of the molecule is Cc1nc2ccccn2c1CNC1CNC(=O)C1. The summed E-state index contributed by atoms with van der Waals surface area (Å²) >= 11 is 0. The van der Waals surface area contributed by atoms with Crippen molar-refractivity contribution in [3.05, 3.63) is 35.8 Å². The van der Waals surface area contributed by atoms with Crippen LogP contribution < -0.4 is 10.6 Å². The van der Waals surface area contributed by atoms with E-state index in [2.05, 4.69) is 20.0 Å². The standard InChI is InChI=1S/C13H16N4O/c1-9-11(8-14-10-6-13(18)15-7-10)17-5-3-2-4-12(17)16-9/h2-5,10,14H,6-8H2,1H3,(H,15,18). The summed E-state index contributed by atoms with van der Waals surface area (Å²) in [5, 5.41) is 6.23. The van der Waals surface area contributed by atoms with Crippen LogP contribution >= 0.6 is 0 Å². The van der Waals surface area contributed by atoms with Crippen molar-refractivity contribution in [2.45, 2.75) is 25.9 Å². The lowest BCUT2D eigenvalue weighted by Gasteiger charge is -2.10. The lowest BCUT2D eigenvalue weighted by atomic mass is 10.2. The summed E-state index contributed by atoms with van der Waals surface area (Å²) in [4.78, 5) is 15.6. The van der Waals surface area contributed by atoms with Crippen molar-refractivity contribution < 1.29 is 4.79 Å². The summed E-state index contributed by atoms with van der Waals surface area (Å²) in [6.07, 6.45) is 2.58. The van der Waals surface area contributed by atoms with Gasteiger partial charge in [-0.1, -0.05) is 6.07 Å². The topological polar surface area (TPSA) is 58.4 Å². The molecule has 1 aliphatic heterocycles. The van der Waals surface area contributed by atoms with Crippen LogP contribution in [0.25, 0.3) is 5.65 Å². The minimum absolute atomic E-state index is 0.127. The molecule has 0 spiro atoms. The Balaban J connectivity index is 1.78. The van der Waals surface area contributed by atoms with Crippen molar-refractivity contribution in [2.75, 3.05) is 6.54 Å². The number of hydrogen-bond donors (Lipinski definition) is 2. The molecule has 0 radical (unpaired) electrons. The zero-order valence-corrected chi connectivity index (χ0v) is 10.3. The first-order chi connectivity index (χ1) is 8.74. The van der Waals surface area contributed by atoms with Gasteiger partial charge in [0.05, 0.1) is 11.4 Å². The van der Waals surface area contributed by atoms with Gasteiger partial charge in [-0.15, -0.1) is 0 Å². The molecule has 3 heterocycles. The predicted octanol–water partition coefficient (Wildman–Crippen LogP) is 0.621. The van der Waals surface area contributed by atoms with E-state index in [1.165, 1.54) is 0 Å². The Morgan fingerprint density at radius 1 is 1.56 bits per heavy atom. The summed E-state index contributed by atoms with van der Waals surface area (Å²) < 4.78 is 2.09. The zero-order chi connectivity index (χ0) is 12.5. The molecule has 0 aromatic carbocycles. The highest BCUT2D eigenvalue weighted by atomic mass is 16.1. The average molecular weight is 244 g/mol. The van der Waals surface area contributed by atoms with Crippen LogP contribution in [0.5, 0.6) is 0 Å². The molecule has 2 aromatic heterocycles. The molecular formula is C13H16N4O. The number of nitrogens with one attached hydrogen (secondary N) is 2. The van der Waals surface area contributed by atoms with E-state index in [0.29, 0.717) is 13.0 Å². The minimum atomic E-state index is 0.127. The van der Waals surface area contributed by atoms with E-state index in [9.17, 15) is 4.79 Å². The summed E-state index contributed by atoms with van der Waals surface area (Å²) in [7, 11) is 0. The second-order valence-electron chi connectivity index (χ2n) is 4.66. The van der Waals surface area contributed by atoms with Crippen LogP contribution in [0.15, 0.2) is 24.4 Å². The third-order valence-corrected chi connectivity index (χ3v) is 3.36. The van der Waals surface area contributed by atoms with Gasteiger partial charge in [-0.2, -0.15) is 0 Å². The zero-order valence-electron chi connectivity index (χ0n) is 10.3. The summed E-state index contributed by atoms with van der Waals surface area (Å²) in [6, 6.07) is 6.21. The van der Waals surface area contributed by atoms with Crippen LogP contribution in [0.3, 0.4) is 0 Å². The van der Waals surface area contributed by atoms with Crippen molar-refractivity contribution in [2.24, 2.45) is 0 Å². The number of aromatic nitrogens is 2. The molecule has 2 N–H and O–H groups in total. The number of carbonyl (C=O) groups is 1. The third kappa shape index (κ3) is 1.97. The lowest BCUT2D eigenvalue weighted by molar-refractivity contribution is -0.119. The van der Waals surface area contributed by atoms with Gasteiger partial charge >= 0.3 is 0 Å². The number of pyridine rings is 1. The van der Waals surface area contributed by atoms with Crippen molar-refractivity contribution in [3.8, 4) is 0 Å². The van der Waals surface area contributed by atoms with Gasteiger partial charge in [-0.25, -0.2) is 4.98 Å². The Labute approximate surface area is 105 Å². The first-order valence-corrected chi connectivity index (χ1v) is 6.16. The number of carbonyl (C=O) groups excluding carboxylic acids is 1. The van der Waals surface area contributed by atoms with Gasteiger partial charge in [0.2, 0.25) is 5.91 Å². The number of rotatable bonds is 3. The number of fused-ring (bicyclic) bond motifs is 1. The number of aryl methyl sites for hydroxylation is 1. The van der Waals surface area contributed by atoms with E-state index < -0.39 is 0 Å². The van der Waals surface area contributed by atoms with Crippen LogP contribution in [-0.2, 0) is 11.3 Å². The van der Waals surface area contributed by atoms with Crippen LogP contribution in [0.4, 0.5) is 0 Å². The van der Waals surface area contributed by atoms with Gasteiger partial charge in [-0.05, 0) is 19.1 Å². The number of imidazole rings is 1. The Kier molecular flexibility index (Phi) is 2.76. The van der Waals surface area contributed by atoms with Gasteiger partial charge in [0.25, 0.3) is 0 Å². The Hall–Kier alpha value is -1.88. The quantitative estimate of drug-likeness (QED) is 0.832. The number of hydrogen-bond acceptors (Lipinski definition) is 3. The average Bonchev–Trinajstić information content (AvgIpc) is 2.90. The van der Waals surface area contributed by atoms with Gasteiger partial charge in [-0.3, -0.25) is 4.79 Å². The molecule has 1 unspecified atom stereocenters. The highest BCUT2D eigenvalue weighted by molar-refractivity contribution is 5.78. The summed E-state index contributed by atoms with van der Waals surface area (Å²) in [5.41, 5.74) is 3.16. The Morgan fingerprint density at radius 3 is 3.22 bits per heavy atom. The number of amides is 1. The molecule has 5 nitrogen and oxygen atoms in total. The predicted molar refractivity (Wildman–Crippen MR) is 68.2 cm³/mol. The molecule has 0 aliphatic carbocycles. The van der Waals surface area contributed by atoms with Crippen molar-refractivity contribution >= 4 is 11.6 Å². The maximum absolute atomic E-state index is 11.1. The molecule has 5 heteroatoms. The van der Waals surface area contributed by atoms with E-state index >= 15 is 0 Å². The molecule has 2 aromatic rings. The van der Waals surface area contributed by atoms with Crippen molar-refractivity contribution in [1.29, 1.82) is 0 Å².